The molecule has 2 aromatic rings. The van der Waals surface area contributed by atoms with E-state index in [-0.39, 0.29) is 5.96 Å². The van der Waals surface area contributed by atoms with Crippen LogP contribution in [-0.4, -0.2) is 17.9 Å². The van der Waals surface area contributed by atoms with Crippen molar-refractivity contribution in [3.8, 4) is 5.75 Å². The summed E-state index contributed by atoms with van der Waals surface area (Å²) < 4.78 is 5.77. The van der Waals surface area contributed by atoms with Crippen LogP contribution in [0.3, 0.4) is 0 Å². The molecule has 0 amide bonds. The molecule has 0 aliphatic heterocycles. The van der Waals surface area contributed by atoms with Crippen molar-refractivity contribution in [3.05, 3.63) is 65.7 Å². The number of benzene rings is 2. The van der Waals surface area contributed by atoms with Crippen LogP contribution in [0.5, 0.6) is 5.75 Å². The van der Waals surface area contributed by atoms with Crippen molar-refractivity contribution in [2.75, 3.05) is 7.05 Å². The third-order valence-electron chi connectivity index (χ3n) is 2.98. The second-order valence-electron chi connectivity index (χ2n) is 4.66. The average Bonchev–Trinajstić information content (AvgIpc) is 2.46. The van der Waals surface area contributed by atoms with Crippen LogP contribution in [0.25, 0.3) is 0 Å². The normalized spacial score (nSPS) is 10.1. The minimum Gasteiger partial charge on any atom is -0.489 e. The van der Waals surface area contributed by atoms with E-state index >= 15 is 0 Å². The molecule has 0 heterocycles. The van der Waals surface area contributed by atoms with Gasteiger partial charge in [0.1, 0.15) is 12.4 Å². The third-order valence-corrected chi connectivity index (χ3v) is 2.98. The summed E-state index contributed by atoms with van der Waals surface area (Å²) in [5.41, 5.74) is 7.64. The lowest BCUT2D eigenvalue weighted by molar-refractivity contribution is 0.305. The Kier molecular flexibility index (Phi) is 4.60. The lowest BCUT2D eigenvalue weighted by Crippen LogP contribution is -2.32. The van der Waals surface area contributed by atoms with Gasteiger partial charge in [-0.15, -0.1) is 0 Å². The summed E-state index contributed by atoms with van der Waals surface area (Å²) in [7, 11) is 1.79. The monoisotopic (exact) mass is 269 g/mol. The number of rotatable bonds is 5. The van der Waals surface area contributed by atoms with Gasteiger partial charge in [0.05, 0.1) is 0 Å². The molecule has 4 heteroatoms. The molecule has 0 radical (unpaired) electrons. The van der Waals surface area contributed by atoms with Crippen LogP contribution >= 0.6 is 0 Å². The van der Waals surface area contributed by atoms with E-state index in [1.165, 1.54) is 0 Å². The predicted molar refractivity (Wildman–Crippen MR) is 80.6 cm³/mol. The summed E-state index contributed by atoms with van der Waals surface area (Å²) in [6, 6.07) is 17.9. The molecule has 0 spiro atoms. The van der Waals surface area contributed by atoms with Gasteiger partial charge in [0.15, 0.2) is 5.96 Å². The van der Waals surface area contributed by atoms with Crippen LogP contribution in [0.4, 0.5) is 0 Å². The molecule has 4 nitrogen and oxygen atoms in total. The van der Waals surface area contributed by atoms with Gasteiger partial charge in [0, 0.05) is 13.6 Å². The van der Waals surface area contributed by atoms with E-state index in [1.807, 2.05) is 54.6 Å². The van der Waals surface area contributed by atoms with Crippen LogP contribution in [0.2, 0.25) is 0 Å². The number of hydrogen-bond acceptors (Lipinski definition) is 2. The van der Waals surface area contributed by atoms with Gasteiger partial charge in [0.2, 0.25) is 0 Å². The summed E-state index contributed by atoms with van der Waals surface area (Å²) in [4.78, 5) is 1.68. The second kappa shape index (κ2) is 6.61. The molecule has 104 valence electrons. The van der Waals surface area contributed by atoms with E-state index in [0.717, 1.165) is 16.9 Å². The smallest absolute Gasteiger partial charge is 0.188 e. The molecule has 0 aromatic heterocycles. The van der Waals surface area contributed by atoms with Gasteiger partial charge in [-0.05, 0) is 23.3 Å². The first-order valence-electron chi connectivity index (χ1n) is 6.46. The molecule has 2 aromatic carbocycles. The maximum atomic E-state index is 7.37. The highest BCUT2D eigenvalue weighted by Crippen LogP contribution is 2.16. The Hall–Kier alpha value is -2.49. The molecule has 0 atom stereocenters. The first-order valence-corrected chi connectivity index (χ1v) is 6.46. The molecule has 0 saturated heterocycles. The Labute approximate surface area is 119 Å². The molecule has 20 heavy (non-hydrogen) atoms. The lowest BCUT2D eigenvalue weighted by atomic mass is 10.2. The standard InChI is InChI=1S/C16H19N3O/c1-19(16(17)18)11-14-8-5-9-15(10-14)20-12-13-6-3-2-4-7-13/h2-10H,11-12H2,1H3,(H3,17,18). The maximum absolute atomic E-state index is 7.37. The summed E-state index contributed by atoms with van der Waals surface area (Å²) in [6.07, 6.45) is 0. The summed E-state index contributed by atoms with van der Waals surface area (Å²) in [5, 5.41) is 7.37. The van der Waals surface area contributed by atoms with Gasteiger partial charge in [-0.25, -0.2) is 0 Å². The topological polar surface area (TPSA) is 62.3 Å². The van der Waals surface area contributed by atoms with Crippen molar-refractivity contribution < 1.29 is 4.74 Å². The van der Waals surface area contributed by atoms with Crippen LogP contribution in [-0.2, 0) is 13.2 Å². The van der Waals surface area contributed by atoms with Gasteiger partial charge < -0.3 is 15.4 Å². The largest absolute Gasteiger partial charge is 0.489 e. The number of nitrogens with zero attached hydrogens (tertiary/aromatic N) is 1. The number of hydrogen-bond donors (Lipinski definition) is 2. The van der Waals surface area contributed by atoms with Gasteiger partial charge in [0.25, 0.3) is 0 Å². The minimum atomic E-state index is 0.0561. The first kappa shape index (κ1) is 13.9. The molecule has 0 unspecified atom stereocenters. The quantitative estimate of drug-likeness (QED) is 0.648. The van der Waals surface area contributed by atoms with E-state index in [2.05, 4.69) is 0 Å². The predicted octanol–water partition coefficient (Wildman–Crippen LogP) is 2.59. The zero-order valence-corrected chi connectivity index (χ0v) is 11.5. The van der Waals surface area contributed by atoms with Gasteiger partial charge in [-0.1, -0.05) is 42.5 Å². The van der Waals surface area contributed by atoms with E-state index in [4.69, 9.17) is 15.9 Å². The fourth-order valence-corrected chi connectivity index (χ4v) is 1.83. The SMILES string of the molecule is CN(Cc1cccc(OCc2ccccc2)c1)C(=N)N. The van der Waals surface area contributed by atoms with E-state index in [0.29, 0.717) is 13.2 Å². The second-order valence-corrected chi connectivity index (χ2v) is 4.66. The molecule has 0 aliphatic carbocycles. The van der Waals surface area contributed by atoms with Crippen LogP contribution in [0.15, 0.2) is 54.6 Å². The van der Waals surface area contributed by atoms with Crippen LogP contribution in [0.1, 0.15) is 11.1 Å². The van der Waals surface area contributed by atoms with Gasteiger partial charge >= 0.3 is 0 Å². The fourth-order valence-electron chi connectivity index (χ4n) is 1.83. The Morgan fingerprint density at radius 2 is 1.80 bits per heavy atom. The van der Waals surface area contributed by atoms with Gasteiger partial charge in [-0.2, -0.15) is 0 Å². The van der Waals surface area contributed by atoms with Crippen molar-refractivity contribution in [2.45, 2.75) is 13.2 Å². The molecule has 2 rings (SSSR count). The van der Waals surface area contributed by atoms with Crippen molar-refractivity contribution in [3.63, 3.8) is 0 Å². The average molecular weight is 269 g/mol. The highest BCUT2D eigenvalue weighted by atomic mass is 16.5. The van der Waals surface area contributed by atoms with Crippen molar-refractivity contribution in [2.24, 2.45) is 5.73 Å². The molecule has 0 fully saturated rings. The first-order chi connectivity index (χ1) is 9.65. The lowest BCUT2D eigenvalue weighted by Gasteiger charge is -2.17. The minimum absolute atomic E-state index is 0.0561. The Balaban J connectivity index is 1.97. The summed E-state index contributed by atoms with van der Waals surface area (Å²) >= 11 is 0. The van der Waals surface area contributed by atoms with Gasteiger partial charge in [-0.3, -0.25) is 5.41 Å². The highest BCUT2D eigenvalue weighted by molar-refractivity contribution is 5.74. The molecule has 0 saturated carbocycles. The molecule has 3 N–H and O–H groups in total. The fraction of sp³-hybridized carbons (Fsp3) is 0.188. The number of ether oxygens (including phenoxy) is 1. The molecular formula is C16H19N3O. The Morgan fingerprint density at radius 3 is 2.50 bits per heavy atom. The highest BCUT2D eigenvalue weighted by Gasteiger charge is 2.03. The van der Waals surface area contributed by atoms with Crippen LogP contribution in [0, 0.1) is 5.41 Å². The molecule has 0 aliphatic rings. The number of nitrogens with two attached hydrogens (primary N) is 1. The van der Waals surface area contributed by atoms with E-state index in [9.17, 15) is 0 Å². The number of guanidine groups is 1. The van der Waals surface area contributed by atoms with E-state index in [1.54, 1.807) is 11.9 Å². The van der Waals surface area contributed by atoms with Crippen molar-refractivity contribution in [1.29, 1.82) is 5.41 Å². The molecular weight excluding hydrogens is 250 g/mol. The van der Waals surface area contributed by atoms with E-state index < -0.39 is 0 Å². The zero-order chi connectivity index (χ0) is 14.4. The summed E-state index contributed by atoms with van der Waals surface area (Å²) in [5.74, 6) is 0.879. The third kappa shape index (κ3) is 4.02. The van der Waals surface area contributed by atoms with Crippen molar-refractivity contribution in [1.82, 2.24) is 4.90 Å². The zero-order valence-electron chi connectivity index (χ0n) is 11.5. The van der Waals surface area contributed by atoms with Crippen LogP contribution < -0.4 is 10.5 Å². The molecule has 0 bridgehead atoms. The number of nitrogens with one attached hydrogen (secondary N) is 1. The summed E-state index contributed by atoms with van der Waals surface area (Å²) in [6.45, 7) is 1.14. The maximum Gasteiger partial charge on any atom is 0.188 e. The van der Waals surface area contributed by atoms with Crippen molar-refractivity contribution >= 4 is 5.96 Å². The Morgan fingerprint density at radius 1 is 1.10 bits per heavy atom. The Bertz CT molecular complexity index is 569.